The number of ether oxygens (including phenoxy) is 2. The highest BCUT2D eigenvalue weighted by Crippen LogP contribution is 2.47. The molecule has 1 saturated heterocycles. The maximum atomic E-state index is 10.1. The molecule has 9 heteroatoms. The highest BCUT2D eigenvalue weighted by atomic mass is 16.5. The first-order valence-electron chi connectivity index (χ1n) is 16.1. The number of hydrogen-bond acceptors (Lipinski definition) is 8. The predicted octanol–water partition coefficient (Wildman–Crippen LogP) is 5.50. The van der Waals surface area contributed by atoms with E-state index in [9.17, 15) is 5.11 Å². The average molecular weight is 597 g/mol. The molecule has 2 aliphatic carbocycles. The molecule has 232 valence electrons. The van der Waals surface area contributed by atoms with Gasteiger partial charge in [0.25, 0.3) is 0 Å². The zero-order valence-electron chi connectivity index (χ0n) is 25.8. The lowest BCUT2D eigenvalue weighted by Gasteiger charge is -2.54. The molecule has 1 spiro atoms. The molecule has 7 rings (SSSR count). The molecule has 3 aliphatic rings. The van der Waals surface area contributed by atoms with Crippen molar-refractivity contribution in [1.82, 2.24) is 19.9 Å². The van der Waals surface area contributed by atoms with Crippen LogP contribution < -0.4 is 21.1 Å². The first-order valence-corrected chi connectivity index (χ1v) is 16.1. The summed E-state index contributed by atoms with van der Waals surface area (Å²) in [7, 11) is 1.73. The van der Waals surface area contributed by atoms with Gasteiger partial charge in [-0.25, -0.2) is 4.98 Å². The fourth-order valence-corrected chi connectivity index (χ4v) is 7.56. The smallest absolute Gasteiger partial charge is 0.222 e. The molecule has 1 saturated carbocycles. The number of aromatic nitrogens is 3. The summed E-state index contributed by atoms with van der Waals surface area (Å²) < 4.78 is 13.6. The van der Waals surface area contributed by atoms with Crippen LogP contribution in [0.15, 0.2) is 48.5 Å². The molecule has 2 atom stereocenters. The molecule has 0 bridgehead atoms. The number of nitrogens with two attached hydrogens (primary N) is 1. The van der Waals surface area contributed by atoms with Crippen LogP contribution in [-0.4, -0.2) is 64.7 Å². The first-order chi connectivity index (χ1) is 21.5. The summed E-state index contributed by atoms with van der Waals surface area (Å²) in [6.07, 6.45) is 10.1. The summed E-state index contributed by atoms with van der Waals surface area (Å²) in [5.74, 6) is 1.70. The number of nitrogen functional groups attached to an aromatic ring is 1. The van der Waals surface area contributed by atoms with Crippen molar-refractivity contribution in [2.75, 3.05) is 38.0 Å². The monoisotopic (exact) mass is 596 g/mol. The molecule has 1 aliphatic heterocycles. The topological polar surface area (TPSA) is 119 Å². The Balaban J connectivity index is 1.23. The molecule has 0 amide bonds. The number of nitrogens with one attached hydrogen (secondary N) is 2. The number of fused-ring (bicyclic) bond motifs is 3. The van der Waals surface area contributed by atoms with E-state index >= 15 is 0 Å². The van der Waals surface area contributed by atoms with E-state index < -0.39 is 0 Å². The first kappa shape index (κ1) is 29.1. The second kappa shape index (κ2) is 12.0. The number of anilines is 2. The summed E-state index contributed by atoms with van der Waals surface area (Å²) in [6, 6.07) is 15.7. The Hall–Kier alpha value is -3.66. The van der Waals surface area contributed by atoms with Crippen LogP contribution in [0.2, 0.25) is 0 Å². The predicted molar refractivity (Wildman–Crippen MR) is 176 cm³/mol. The molecule has 2 aromatic heterocycles. The molecular formula is C35H44N6O3. The maximum absolute atomic E-state index is 10.1. The number of para-hydroxylation sites is 1. The number of nitrogens with zero attached hydrogens (tertiary/aromatic N) is 3. The van der Waals surface area contributed by atoms with Crippen LogP contribution in [0.25, 0.3) is 27.5 Å². The van der Waals surface area contributed by atoms with Gasteiger partial charge in [-0.15, -0.1) is 0 Å². The van der Waals surface area contributed by atoms with Crippen molar-refractivity contribution in [3.05, 3.63) is 59.7 Å². The van der Waals surface area contributed by atoms with Gasteiger partial charge >= 0.3 is 0 Å². The van der Waals surface area contributed by atoms with Gasteiger partial charge in [0.1, 0.15) is 16.8 Å². The minimum absolute atomic E-state index is 0.0103. The molecule has 2 fully saturated rings. The highest BCUT2D eigenvalue weighted by molar-refractivity contribution is 6.09. The van der Waals surface area contributed by atoms with Gasteiger partial charge in [-0.05, 0) is 67.9 Å². The standard InChI is InChI=1S/C35H44N6O3/c1-3-7-26(19-42)38-33-32-31(39-34(36)40-33)28-10-4-5-11-29(28)41(32)18-24-14-23(12-13-30(24)43-2)22-8-6-9-25(15-22)37-27-16-35(17-27)20-44-21-35/h4-5,10-15,25-27,37,42H,3,6-9,16-21H2,1-2H3,(H3,36,38,39,40)/t25?,26-/m0/s1. The number of methoxy groups -OCH3 is 1. The average Bonchev–Trinajstić information content (AvgIpc) is 3.30. The summed E-state index contributed by atoms with van der Waals surface area (Å²) >= 11 is 0. The Morgan fingerprint density at radius 2 is 2.02 bits per heavy atom. The van der Waals surface area contributed by atoms with E-state index in [1.54, 1.807) is 7.11 Å². The van der Waals surface area contributed by atoms with Crippen LogP contribution in [0, 0.1) is 5.41 Å². The Bertz CT molecular complexity index is 1690. The van der Waals surface area contributed by atoms with Gasteiger partial charge in [0.05, 0.1) is 45.0 Å². The van der Waals surface area contributed by atoms with Gasteiger partial charge in [-0.3, -0.25) is 0 Å². The van der Waals surface area contributed by atoms with Crippen LogP contribution in [0.5, 0.6) is 5.75 Å². The van der Waals surface area contributed by atoms with E-state index in [0.29, 0.717) is 29.9 Å². The van der Waals surface area contributed by atoms with Crippen molar-refractivity contribution in [1.29, 1.82) is 0 Å². The second-order valence-corrected chi connectivity index (χ2v) is 13.0. The van der Waals surface area contributed by atoms with Crippen LogP contribution in [0.1, 0.15) is 63.0 Å². The minimum atomic E-state index is -0.130. The Morgan fingerprint density at radius 3 is 2.77 bits per heavy atom. The number of benzene rings is 2. The number of rotatable bonds is 11. The molecule has 0 radical (unpaired) electrons. The number of aliphatic hydroxyl groups excluding tert-OH is 1. The van der Waals surface area contributed by atoms with Crippen molar-refractivity contribution < 1.29 is 14.6 Å². The SMILES string of the molecule is CCC[C@@H](CO)Nc1nc(N)nc2c3ccccc3n(Cc3cc(C4=CC(NC5CC6(COC6)C5)CCC4)ccc3OC)c12. The van der Waals surface area contributed by atoms with Crippen molar-refractivity contribution in [3.8, 4) is 5.75 Å². The van der Waals surface area contributed by atoms with Crippen molar-refractivity contribution in [2.24, 2.45) is 5.41 Å². The molecule has 44 heavy (non-hydrogen) atoms. The quantitative estimate of drug-likeness (QED) is 0.179. The van der Waals surface area contributed by atoms with E-state index in [0.717, 1.165) is 65.7 Å². The van der Waals surface area contributed by atoms with E-state index in [1.807, 2.05) is 12.1 Å². The molecule has 3 heterocycles. The fourth-order valence-electron chi connectivity index (χ4n) is 7.56. The van der Waals surface area contributed by atoms with Gasteiger partial charge in [-0.2, -0.15) is 4.98 Å². The molecule has 2 aromatic carbocycles. The molecule has 1 unspecified atom stereocenters. The molecular weight excluding hydrogens is 552 g/mol. The third-order valence-electron chi connectivity index (χ3n) is 9.79. The Kier molecular flexibility index (Phi) is 7.95. The lowest BCUT2D eigenvalue weighted by Crippen LogP contribution is -2.60. The van der Waals surface area contributed by atoms with Gasteiger partial charge < -0.3 is 35.5 Å². The number of allylic oxidation sites excluding steroid dienone is 1. The zero-order chi connectivity index (χ0) is 30.3. The maximum Gasteiger partial charge on any atom is 0.222 e. The third-order valence-corrected chi connectivity index (χ3v) is 9.79. The third kappa shape index (κ3) is 5.42. The van der Waals surface area contributed by atoms with Gasteiger partial charge in [0.15, 0.2) is 5.82 Å². The largest absolute Gasteiger partial charge is 0.496 e. The summed E-state index contributed by atoms with van der Waals surface area (Å²) in [6.45, 7) is 4.57. The summed E-state index contributed by atoms with van der Waals surface area (Å²) in [4.78, 5) is 9.32. The summed E-state index contributed by atoms with van der Waals surface area (Å²) in [5.41, 5.74) is 13.1. The molecule has 4 aromatic rings. The summed E-state index contributed by atoms with van der Waals surface area (Å²) in [5, 5.41) is 18.5. The van der Waals surface area contributed by atoms with Gasteiger partial charge in [0, 0.05) is 28.4 Å². The van der Waals surface area contributed by atoms with Crippen LogP contribution >= 0.6 is 0 Å². The highest BCUT2D eigenvalue weighted by Gasteiger charge is 2.49. The normalized spacial score (nSPS) is 20.3. The zero-order valence-corrected chi connectivity index (χ0v) is 25.8. The number of hydrogen-bond donors (Lipinski definition) is 4. The lowest BCUT2D eigenvalue weighted by atomic mass is 9.64. The minimum Gasteiger partial charge on any atom is -0.496 e. The van der Waals surface area contributed by atoms with Crippen LogP contribution in [-0.2, 0) is 11.3 Å². The van der Waals surface area contributed by atoms with Gasteiger partial charge in [0.2, 0.25) is 5.95 Å². The van der Waals surface area contributed by atoms with Crippen molar-refractivity contribution >= 4 is 39.3 Å². The van der Waals surface area contributed by atoms with E-state index in [1.165, 1.54) is 36.8 Å². The Morgan fingerprint density at radius 1 is 1.18 bits per heavy atom. The van der Waals surface area contributed by atoms with Crippen LogP contribution in [0.4, 0.5) is 11.8 Å². The van der Waals surface area contributed by atoms with Crippen molar-refractivity contribution in [2.45, 2.75) is 76.5 Å². The number of aliphatic hydroxyl groups is 1. The van der Waals surface area contributed by atoms with E-state index in [2.05, 4.69) is 63.5 Å². The lowest BCUT2D eigenvalue weighted by molar-refractivity contribution is -0.168. The molecule has 9 nitrogen and oxygen atoms in total. The second-order valence-electron chi connectivity index (χ2n) is 13.0. The van der Waals surface area contributed by atoms with Gasteiger partial charge in [-0.1, -0.05) is 43.7 Å². The Labute approximate surface area is 258 Å². The molecule has 5 N–H and O–H groups in total. The van der Waals surface area contributed by atoms with Crippen LogP contribution in [0.3, 0.4) is 0 Å². The fraction of sp³-hybridized carbons (Fsp3) is 0.486. The van der Waals surface area contributed by atoms with E-state index in [4.69, 9.17) is 20.2 Å². The van der Waals surface area contributed by atoms with E-state index in [-0.39, 0.29) is 18.6 Å². The van der Waals surface area contributed by atoms with Crippen molar-refractivity contribution in [3.63, 3.8) is 0 Å².